The second kappa shape index (κ2) is 9.93. The lowest BCUT2D eigenvalue weighted by Crippen LogP contribution is -2.54. The topological polar surface area (TPSA) is 70.7 Å². The van der Waals surface area contributed by atoms with E-state index in [1.54, 1.807) is 12.1 Å². The lowest BCUT2D eigenvalue weighted by molar-refractivity contribution is -0.137. The van der Waals surface area contributed by atoms with Gasteiger partial charge in [0, 0.05) is 29.5 Å². The summed E-state index contributed by atoms with van der Waals surface area (Å²) in [5, 5.41) is 5.30. The summed E-state index contributed by atoms with van der Waals surface area (Å²) in [7, 11) is 0. The molecule has 2 aromatic rings. The summed E-state index contributed by atoms with van der Waals surface area (Å²) >= 11 is 0. The van der Waals surface area contributed by atoms with E-state index in [0.717, 1.165) is 37.8 Å². The van der Waals surface area contributed by atoms with Gasteiger partial charge in [-0.25, -0.2) is 0 Å². The number of carbonyl (C=O) groups is 2. The number of nitrogens with one attached hydrogen (secondary N) is 2. The Morgan fingerprint density at radius 2 is 1.73 bits per heavy atom. The zero-order chi connectivity index (χ0) is 23.4. The number of hydrogen-bond donors (Lipinski definition) is 2. The van der Waals surface area contributed by atoms with E-state index in [0.29, 0.717) is 18.8 Å². The van der Waals surface area contributed by atoms with Crippen molar-refractivity contribution < 1.29 is 27.5 Å². The van der Waals surface area contributed by atoms with Gasteiger partial charge in [-0.3, -0.25) is 14.5 Å². The summed E-state index contributed by atoms with van der Waals surface area (Å²) in [5.41, 5.74) is -0.127. The highest BCUT2D eigenvalue weighted by molar-refractivity contribution is 6.05. The van der Waals surface area contributed by atoms with Gasteiger partial charge in [-0.2, -0.15) is 13.2 Å². The van der Waals surface area contributed by atoms with Crippen LogP contribution in [-0.4, -0.2) is 48.6 Å². The zero-order valence-electron chi connectivity index (χ0n) is 18.0. The molecule has 0 radical (unpaired) electrons. The molecule has 2 unspecified atom stereocenters. The molecule has 2 atom stereocenters. The van der Waals surface area contributed by atoms with E-state index in [1.807, 2.05) is 0 Å². The van der Waals surface area contributed by atoms with Crippen molar-refractivity contribution in [3.05, 3.63) is 59.7 Å². The first-order valence-corrected chi connectivity index (χ1v) is 11.0. The molecule has 2 fully saturated rings. The molecule has 0 bridgehead atoms. The molecule has 0 aromatic heterocycles. The number of fused-ring (bicyclic) bond motifs is 1. The lowest BCUT2D eigenvalue weighted by Gasteiger charge is -2.43. The van der Waals surface area contributed by atoms with Crippen LogP contribution >= 0.6 is 0 Å². The van der Waals surface area contributed by atoms with Gasteiger partial charge in [0.15, 0.2) is 0 Å². The summed E-state index contributed by atoms with van der Waals surface area (Å²) in [6, 6.07) is 11.0. The van der Waals surface area contributed by atoms with Crippen molar-refractivity contribution in [2.75, 3.05) is 30.3 Å². The van der Waals surface area contributed by atoms with Crippen LogP contribution in [0.2, 0.25) is 0 Å². The Morgan fingerprint density at radius 3 is 2.52 bits per heavy atom. The number of morpholine rings is 1. The molecule has 2 N–H and O–H groups in total. The highest BCUT2D eigenvalue weighted by Crippen LogP contribution is 2.31. The van der Waals surface area contributed by atoms with Gasteiger partial charge in [0.05, 0.1) is 24.8 Å². The van der Waals surface area contributed by atoms with Gasteiger partial charge in [-0.05, 0) is 49.2 Å². The molecular formula is C24H26F3N3O3. The van der Waals surface area contributed by atoms with Crippen molar-refractivity contribution in [1.82, 2.24) is 4.90 Å². The molecule has 2 amide bonds. The Labute approximate surface area is 190 Å². The van der Waals surface area contributed by atoms with Crippen LogP contribution in [0.4, 0.5) is 24.5 Å². The smallest absolute Gasteiger partial charge is 0.375 e. The summed E-state index contributed by atoms with van der Waals surface area (Å²) in [4.78, 5) is 27.4. The monoisotopic (exact) mass is 461 g/mol. The fourth-order valence-electron chi connectivity index (χ4n) is 4.47. The quantitative estimate of drug-likeness (QED) is 0.686. The van der Waals surface area contributed by atoms with Crippen LogP contribution in [-0.2, 0) is 15.7 Å². The first kappa shape index (κ1) is 23.3. The molecule has 0 spiro atoms. The van der Waals surface area contributed by atoms with Crippen molar-refractivity contribution in [2.45, 2.75) is 44.0 Å². The van der Waals surface area contributed by atoms with E-state index in [4.69, 9.17) is 4.74 Å². The number of alkyl halides is 3. The maximum atomic E-state index is 12.9. The average molecular weight is 461 g/mol. The molecule has 1 aliphatic heterocycles. The maximum absolute atomic E-state index is 12.9. The minimum atomic E-state index is -4.50. The molecule has 9 heteroatoms. The second-order valence-electron chi connectivity index (χ2n) is 8.39. The molecule has 1 aliphatic carbocycles. The third-order valence-corrected chi connectivity index (χ3v) is 6.05. The van der Waals surface area contributed by atoms with E-state index in [9.17, 15) is 22.8 Å². The van der Waals surface area contributed by atoms with E-state index < -0.39 is 17.6 Å². The Morgan fingerprint density at radius 1 is 1.00 bits per heavy atom. The van der Waals surface area contributed by atoms with E-state index in [1.165, 1.54) is 24.3 Å². The van der Waals surface area contributed by atoms with Gasteiger partial charge in [-0.15, -0.1) is 0 Å². The van der Waals surface area contributed by atoms with Crippen LogP contribution < -0.4 is 10.6 Å². The maximum Gasteiger partial charge on any atom is 0.416 e. The Kier molecular flexibility index (Phi) is 6.99. The summed E-state index contributed by atoms with van der Waals surface area (Å²) in [5.74, 6) is -0.750. The predicted octanol–water partition coefficient (Wildman–Crippen LogP) is 4.54. The van der Waals surface area contributed by atoms with Crippen molar-refractivity contribution in [3.63, 3.8) is 0 Å². The predicted molar refractivity (Wildman–Crippen MR) is 118 cm³/mol. The summed E-state index contributed by atoms with van der Waals surface area (Å²) in [6.45, 7) is 1.55. The van der Waals surface area contributed by atoms with Crippen LogP contribution in [0.25, 0.3) is 0 Å². The number of amides is 2. The average Bonchev–Trinajstić information content (AvgIpc) is 2.79. The van der Waals surface area contributed by atoms with Gasteiger partial charge in [-0.1, -0.05) is 25.0 Å². The van der Waals surface area contributed by atoms with E-state index in [2.05, 4.69) is 15.5 Å². The van der Waals surface area contributed by atoms with Crippen LogP contribution in [0.15, 0.2) is 48.5 Å². The fraction of sp³-hybridized carbons (Fsp3) is 0.417. The summed E-state index contributed by atoms with van der Waals surface area (Å²) < 4.78 is 44.5. The lowest BCUT2D eigenvalue weighted by atomic mass is 9.90. The second-order valence-corrected chi connectivity index (χ2v) is 8.39. The van der Waals surface area contributed by atoms with Gasteiger partial charge in [0.1, 0.15) is 0 Å². The van der Waals surface area contributed by atoms with Crippen molar-refractivity contribution in [1.29, 1.82) is 0 Å². The molecular weight excluding hydrogens is 435 g/mol. The Bertz CT molecular complexity index is 1010. The van der Waals surface area contributed by atoms with Crippen molar-refractivity contribution >= 4 is 23.2 Å². The molecule has 1 saturated heterocycles. The minimum Gasteiger partial charge on any atom is -0.375 e. The number of ether oxygens (including phenoxy) is 1. The first-order chi connectivity index (χ1) is 15.8. The molecule has 33 heavy (non-hydrogen) atoms. The molecule has 1 heterocycles. The normalized spacial score (nSPS) is 21.2. The van der Waals surface area contributed by atoms with Gasteiger partial charge >= 0.3 is 6.18 Å². The third kappa shape index (κ3) is 5.91. The van der Waals surface area contributed by atoms with Crippen LogP contribution in [0.3, 0.4) is 0 Å². The molecule has 6 nitrogen and oxygen atoms in total. The van der Waals surface area contributed by atoms with Crippen LogP contribution in [0.5, 0.6) is 0 Å². The number of hydrogen-bond acceptors (Lipinski definition) is 4. The number of carbonyl (C=O) groups excluding carboxylic acids is 2. The Balaban J connectivity index is 1.37. The third-order valence-electron chi connectivity index (χ3n) is 6.05. The molecule has 4 rings (SSSR count). The SMILES string of the molecule is O=C(CN1CCOC2CCCCC21)Nc1cccc(C(=O)Nc2cccc(C(F)(F)F)c2)c1. The van der Waals surface area contributed by atoms with E-state index >= 15 is 0 Å². The standard InChI is InChI=1S/C24H26F3N3O3/c25-24(26,27)17-6-4-8-19(14-17)29-23(32)16-5-3-7-18(13-16)28-22(31)15-30-11-12-33-21-10-2-1-9-20(21)30/h3-8,13-14,20-21H,1-2,9-12,15H2,(H,28,31)(H,29,32). The number of halogens is 3. The largest absolute Gasteiger partial charge is 0.416 e. The number of nitrogens with zero attached hydrogens (tertiary/aromatic N) is 1. The molecule has 2 aromatic carbocycles. The first-order valence-electron chi connectivity index (χ1n) is 11.0. The van der Waals surface area contributed by atoms with Crippen molar-refractivity contribution in [2.24, 2.45) is 0 Å². The highest BCUT2D eigenvalue weighted by Gasteiger charge is 2.35. The molecule has 176 valence electrons. The molecule has 2 aliphatic rings. The molecule has 1 saturated carbocycles. The number of rotatable bonds is 5. The van der Waals surface area contributed by atoms with Crippen LogP contribution in [0, 0.1) is 0 Å². The van der Waals surface area contributed by atoms with Crippen LogP contribution in [0.1, 0.15) is 41.6 Å². The van der Waals surface area contributed by atoms with Gasteiger partial charge < -0.3 is 15.4 Å². The van der Waals surface area contributed by atoms with Crippen molar-refractivity contribution in [3.8, 4) is 0 Å². The van der Waals surface area contributed by atoms with Gasteiger partial charge in [0.25, 0.3) is 5.91 Å². The Hall–Kier alpha value is -2.91. The number of anilines is 2. The van der Waals surface area contributed by atoms with Gasteiger partial charge in [0.2, 0.25) is 5.91 Å². The fourth-order valence-corrected chi connectivity index (χ4v) is 4.47. The van der Waals surface area contributed by atoms with E-state index in [-0.39, 0.29) is 35.8 Å². The highest BCUT2D eigenvalue weighted by atomic mass is 19.4. The zero-order valence-corrected chi connectivity index (χ0v) is 18.0. The minimum absolute atomic E-state index is 0.0404. The summed E-state index contributed by atoms with van der Waals surface area (Å²) in [6.07, 6.45) is 0.00320. The number of benzene rings is 2.